The van der Waals surface area contributed by atoms with Crippen molar-refractivity contribution in [1.29, 1.82) is 0 Å². The molecule has 82 valence electrons. The van der Waals surface area contributed by atoms with Gasteiger partial charge >= 0.3 is 0 Å². The highest BCUT2D eigenvalue weighted by molar-refractivity contribution is 14.1. The first-order valence-electron chi connectivity index (χ1n) is 5.09. The molecule has 0 aliphatic carbocycles. The summed E-state index contributed by atoms with van der Waals surface area (Å²) in [6.07, 6.45) is 1.52. The first kappa shape index (κ1) is 11.9. The Morgan fingerprint density at radius 3 is 2.88 bits per heavy atom. The number of rotatable bonds is 2. The van der Waals surface area contributed by atoms with Gasteiger partial charge in [0.1, 0.15) is 0 Å². The molecule has 0 bridgehead atoms. The molecule has 0 atom stereocenters. The van der Waals surface area contributed by atoms with E-state index in [2.05, 4.69) is 58.7 Å². The predicted octanol–water partition coefficient (Wildman–Crippen LogP) is 3.63. The second-order valence-electron chi connectivity index (χ2n) is 3.37. The first-order valence-corrected chi connectivity index (χ1v) is 6.99. The summed E-state index contributed by atoms with van der Waals surface area (Å²) in [6.45, 7) is 0.220. The van der Waals surface area contributed by atoms with Crippen LogP contribution < -0.4 is 0 Å². The van der Waals surface area contributed by atoms with Gasteiger partial charge in [-0.2, -0.15) is 0 Å². The Hall–Kier alpha value is -0.570. The van der Waals surface area contributed by atoms with Crippen LogP contribution in [0.5, 0.6) is 0 Å². The Morgan fingerprint density at radius 1 is 1.31 bits per heavy atom. The molecule has 0 amide bonds. The molecule has 0 saturated heterocycles. The monoisotopic (exact) mass is 342 g/mol. The molecule has 16 heavy (non-hydrogen) atoms. The molecule has 1 N–H and O–H groups in total. The predicted molar refractivity (Wildman–Crippen MR) is 77.7 cm³/mol. The average molecular weight is 342 g/mol. The van der Waals surface area contributed by atoms with E-state index in [1.165, 1.54) is 13.7 Å². The number of hydrogen-bond acceptors (Lipinski definition) is 2. The molecule has 1 aromatic carbocycles. The lowest BCUT2D eigenvalue weighted by atomic mass is 10.2. The van der Waals surface area contributed by atoms with E-state index in [0.29, 0.717) is 0 Å². The van der Waals surface area contributed by atoms with Crippen LogP contribution in [0.25, 0.3) is 10.1 Å². The molecule has 1 aromatic heterocycles. The maximum Gasteiger partial charge on any atom is 0.0914 e. The molecule has 0 spiro atoms. The van der Waals surface area contributed by atoms with E-state index in [1.807, 2.05) is 0 Å². The SMILES string of the molecule is OCCCC#Cc1sc2ccccc2c1I. The first-order chi connectivity index (χ1) is 7.83. The minimum Gasteiger partial charge on any atom is -0.396 e. The number of hydrogen-bond donors (Lipinski definition) is 1. The second kappa shape index (κ2) is 5.67. The Balaban J connectivity index is 2.30. The summed E-state index contributed by atoms with van der Waals surface area (Å²) in [5.74, 6) is 6.29. The van der Waals surface area contributed by atoms with Crippen molar-refractivity contribution in [2.75, 3.05) is 6.61 Å². The van der Waals surface area contributed by atoms with Gasteiger partial charge in [0.15, 0.2) is 0 Å². The zero-order valence-electron chi connectivity index (χ0n) is 8.66. The van der Waals surface area contributed by atoms with Crippen LogP contribution in [0.2, 0.25) is 0 Å². The number of benzene rings is 1. The Bertz CT molecular complexity index is 548. The van der Waals surface area contributed by atoms with Gasteiger partial charge in [-0.3, -0.25) is 0 Å². The van der Waals surface area contributed by atoms with E-state index in [-0.39, 0.29) is 6.61 Å². The molecule has 0 aliphatic rings. The molecule has 2 aromatic rings. The Labute approximate surface area is 113 Å². The maximum atomic E-state index is 8.67. The van der Waals surface area contributed by atoms with Gasteiger partial charge in [-0.1, -0.05) is 30.0 Å². The highest BCUT2D eigenvalue weighted by Crippen LogP contribution is 2.31. The molecular weight excluding hydrogens is 331 g/mol. The topological polar surface area (TPSA) is 20.2 Å². The van der Waals surface area contributed by atoms with Gasteiger partial charge in [0.05, 0.1) is 4.88 Å². The largest absolute Gasteiger partial charge is 0.396 e. The van der Waals surface area contributed by atoms with Crippen molar-refractivity contribution in [2.24, 2.45) is 0 Å². The highest BCUT2D eigenvalue weighted by Gasteiger charge is 2.06. The maximum absolute atomic E-state index is 8.67. The van der Waals surface area contributed by atoms with E-state index >= 15 is 0 Å². The van der Waals surface area contributed by atoms with Crippen LogP contribution in [0.1, 0.15) is 17.7 Å². The minimum atomic E-state index is 0.220. The van der Waals surface area contributed by atoms with E-state index in [9.17, 15) is 0 Å². The van der Waals surface area contributed by atoms with Crippen molar-refractivity contribution < 1.29 is 5.11 Å². The molecule has 1 heterocycles. The number of thiophene rings is 1. The highest BCUT2D eigenvalue weighted by atomic mass is 127. The van der Waals surface area contributed by atoms with Crippen LogP contribution >= 0.6 is 33.9 Å². The summed E-state index contributed by atoms with van der Waals surface area (Å²) < 4.78 is 2.54. The minimum absolute atomic E-state index is 0.220. The van der Waals surface area contributed by atoms with Crippen LogP contribution in [0.15, 0.2) is 24.3 Å². The number of unbranched alkanes of at least 4 members (excludes halogenated alkanes) is 1. The van der Waals surface area contributed by atoms with Crippen molar-refractivity contribution in [3.63, 3.8) is 0 Å². The smallest absolute Gasteiger partial charge is 0.0914 e. The van der Waals surface area contributed by atoms with Crippen molar-refractivity contribution in [3.8, 4) is 11.8 Å². The fourth-order valence-electron chi connectivity index (χ4n) is 1.40. The number of aliphatic hydroxyl groups excluding tert-OH is 1. The lowest BCUT2D eigenvalue weighted by Gasteiger charge is -1.87. The quantitative estimate of drug-likeness (QED) is 0.502. The Morgan fingerprint density at radius 2 is 2.12 bits per heavy atom. The van der Waals surface area contributed by atoms with Gasteiger partial charge in [0.2, 0.25) is 0 Å². The number of fused-ring (bicyclic) bond motifs is 1. The van der Waals surface area contributed by atoms with E-state index in [4.69, 9.17) is 5.11 Å². The van der Waals surface area contributed by atoms with Crippen molar-refractivity contribution in [2.45, 2.75) is 12.8 Å². The zero-order valence-corrected chi connectivity index (χ0v) is 11.6. The van der Waals surface area contributed by atoms with Crippen molar-refractivity contribution >= 4 is 44.0 Å². The molecule has 0 saturated carbocycles. The van der Waals surface area contributed by atoms with Crippen LogP contribution in [-0.4, -0.2) is 11.7 Å². The van der Waals surface area contributed by atoms with Crippen LogP contribution in [0, 0.1) is 15.4 Å². The summed E-state index contributed by atoms with van der Waals surface area (Å²) in [5, 5.41) is 9.96. The molecule has 3 heteroatoms. The second-order valence-corrected chi connectivity index (χ2v) is 5.50. The van der Waals surface area contributed by atoms with Gasteiger partial charge in [-0.25, -0.2) is 0 Å². The van der Waals surface area contributed by atoms with Crippen molar-refractivity contribution in [3.05, 3.63) is 32.7 Å². The zero-order chi connectivity index (χ0) is 11.4. The molecule has 1 nitrogen and oxygen atoms in total. The van der Waals surface area contributed by atoms with Crippen LogP contribution in [-0.2, 0) is 0 Å². The molecular formula is C13H11IOS. The van der Waals surface area contributed by atoms with E-state index in [0.717, 1.165) is 17.7 Å². The number of halogens is 1. The average Bonchev–Trinajstić information content (AvgIpc) is 2.63. The van der Waals surface area contributed by atoms with E-state index in [1.54, 1.807) is 11.3 Å². The van der Waals surface area contributed by atoms with Crippen molar-refractivity contribution in [1.82, 2.24) is 0 Å². The molecule has 0 unspecified atom stereocenters. The third kappa shape index (κ3) is 2.57. The summed E-state index contributed by atoms with van der Waals surface area (Å²) in [6, 6.07) is 8.37. The van der Waals surface area contributed by atoms with Crippen LogP contribution in [0.4, 0.5) is 0 Å². The summed E-state index contributed by atoms with van der Waals surface area (Å²) >= 11 is 4.09. The molecule has 0 radical (unpaired) electrons. The van der Waals surface area contributed by atoms with Gasteiger partial charge < -0.3 is 5.11 Å². The van der Waals surface area contributed by atoms with Gasteiger partial charge in [-0.15, -0.1) is 11.3 Å². The molecule has 0 aliphatic heterocycles. The summed E-state index contributed by atoms with van der Waals surface area (Å²) in [4.78, 5) is 1.14. The van der Waals surface area contributed by atoms with Gasteiger partial charge in [0.25, 0.3) is 0 Å². The third-order valence-electron chi connectivity index (χ3n) is 2.20. The summed E-state index contributed by atoms with van der Waals surface area (Å²) in [5.41, 5.74) is 0. The fourth-order valence-corrected chi connectivity index (χ4v) is 3.49. The standard InChI is InChI=1S/C13H11IOS/c14-13-10-6-3-4-7-11(10)16-12(13)8-2-1-5-9-15/h3-4,6-7,15H,1,5,9H2. The Kier molecular flexibility index (Phi) is 4.22. The summed E-state index contributed by atoms with van der Waals surface area (Å²) in [7, 11) is 0. The molecule has 2 rings (SSSR count). The number of aliphatic hydroxyl groups is 1. The fraction of sp³-hybridized carbons (Fsp3) is 0.231. The van der Waals surface area contributed by atoms with Gasteiger partial charge in [0, 0.05) is 26.7 Å². The normalized spacial score (nSPS) is 10.1. The van der Waals surface area contributed by atoms with Crippen LogP contribution in [0.3, 0.4) is 0 Å². The lowest BCUT2D eigenvalue weighted by Crippen LogP contribution is -1.79. The van der Waals surface area contributed by atoms with E-state index < -0.39 is 0 Å². The van der Waals surface area contributed by atoms with Gasteiger partial charge in [-0.05, 0) is 35.1 Å². The third-order valence-corrected chi connectivity index (χ3v) is 4.77. The molecule has 0 fully saturated rings. The lowest BCUT2D eigenvalue weighted by molar-refractivity contribution is 0.290.